The van der Waals surface area contributed by atoms with Gasteiger partial charge in [0.25, 0.3) is 0 Å². The first-order valence-electron chi connectivity index (χ1n) is 14.1. The van der Waals surface area contributed by atoms with E-state index in [1.807, 2.05) is 0 Å². The molecule has 5 aromatic rings. The Balaban J connectivity index is 1.74. The molecule has 0 fully saturated rings. The first kappa shape index (κ1) is 25.4. The lowest BCUT2D eigenvalue weighted by Gasteiger charge is -2.35. The highest BCUT2D eigenvalue weighted by Gasteiger charge is 2.41. The van der Waals surface area contributed by atoms with Crippen molar-refractivity contribution >= 4 is 46.2 Å². The standard InChI is InChI=1S/C36H36B2N/c1-23-18-19-39(7)34(20-23)29-22-33-32(21-28(29)6)37(35-24(2)12-10-13-25(35)3)30-16-8-9-17-31(30)38(33)36-26(4)14-11-15-27(36)5/h8-22H,1-7H3/q+1. The summed E-state index contributed by atoms with van der Waals surface area (Å²) in [7, 11) is 2.16. The van der Waals surface area contributed by atoms with Gasteiger partial charge in [0, 0.05) is 17.7 Å². The van der Waals surface area contributed by atoms with Gasteiger partial charge in [-0.3, -0.25) is 0 Å². The predicted octanol–water partition coefficient (Wildman–Crippen LogP) is 3.37. The van der Waals surface area contributed by atoms with E-state index in [1.165, 1.54) is 77.4 Å². The zero-order valence-electron chi connectivity index (χ0n) is 24.3. The summed E-state index contributed by atoms with van der Waals surface area (Å²) in [5, 5.41) is 0. The first-order chi connectivity index (χ1) is 18.8. The summed E-state index contributed by atoms with van der Waals surface area (Å²) < 4.78 is 2.26. The van der Waals surface area contributed by atoms with Gasteiger partial charge in [0.2, 0.25) is 19.1 Å². The zero-order chi connectivity index (χ0) is 27.4. The van der Waals surface area contributed by atoms with Gasteiger partial charge in [-0.05, 0) is 52.7 Å². The van der Waals surface area contributed by atoms with Crippen LogP contribution in [-0.2, 0) is 7.05 Å². The Morgan fingerprint density at radius 1 is 0.487 bits per heavy atom. The van der Waals surface area contributed by atoms with E-state index in [9.17, 15) is 0 Å². The normalized spacial score (nSPS) is 12.4. The molecule has 0 spiro atoms. The molecule has 1 aliphatic heterocycles. The largest absolute Gasteiger partial charge is 0.240 e. The monoisotopic (exact) mass is 504 g/mol. The van der Waals surface area contributed by atoms with E-state index in [2.05, 4.69) is 144 Å². The number of aryl methyl sites for hydroxylation is 7. The van der Waals surface area contributed by atoms with E-state index in [4.69, 9.17) is 0 Å². The number of hydrogen-bond donors (Lipinski definition) is 0. The van der Waals surface area contributed by atoms with Gasteiger partial charge in [0.1, 0.15) is 7.05 Å². The van der Waals surface area contributed by atoms with Crippen molar-refractivity contribution in [3.63, 3.8) is 0 Å². The molecular weight excluding hydrogens is 468 g/mol. The predicted molar refractivity (Wildman–Crippen MR) is 170 cm³/mol. The van der Waals surface area contributed by atoms with Gasteiger partial charge in [-0.25, -0.2) is 4.57 Å². The van der Waals surface area contributed by atoms with Gasteiger partial charge < -0.3 is 0 Å². The Morgan fingerprint density at radius 2 is 0.974 bits per heavy atom. The number of pyridine rings is 1. The molecule has 1 aromatic heterocycles. The third-order valence-corrected chi connectivity index (χ3v) is 8.91. The highest BCUT2D eigenvalue weighted by molar-refractivity contribution is 7.11. The van der Waals surface area contributed by atoms with Crippen LogP contribution in [0.2, 0.25) is 0 Å². The fraction of sp³-hybridized carbons (Fsp3) is 0.194. The van der Waals surface area contributed by atoms with Crippen LogP contribution >= 0.6 is 0 Å². The van der Waals surface area contributed by atoms with Crippen molar-refractivity contribution in [2.75, 3.05) is 0 Å². The minimum absolute atomic E-state index is 0.187. The molecule has 0 saturated heterocycles. The van der Waals surface area contributed by atoms with Crippen molar-refractivity contribution < 1.29 is 4.57 Å². The molecule has 0 radical (unpaired) electrons. The average Bonchev–Trinajstić information content (AvgIpc) is 2.90. The molecule has 190 valence electrons. The van der Waals surface area contributed by atoms with Crippen LogP contribution in [0, 0.1) is 41.5 Å². The Labute approximate surface area is 234 Å². The Hall–Kier alpha value is -3.84. The first-order valence-corrected chi connectivity index (χ1v) is 14.1. The second-order valence-electron chi connectivity index (χ2n) is 11.6. The van der Waals surface area contributed by atoms with Gasteiger partial charge in [-0.1, -0.05) is 128 Å². The summed E-state index contributed by atoms with van der Waals surface area (Å²) in [5.41, 5.74) is 19.2. The van der Waals surface area contributed by atoms with E-state index in [-0.39, 0.29) is 13.4 Å². The fourth-order valence-corrected chi connectivity index (χ4v) is 7.03. The average molecular weight is 504 g/mol. The molecule has 0 saturated carbocycles. The molecule has 1 nitrogen and oxygen atoms in total. The van der Waals surface area contributed by atoms with Crippen molar-refractivity contribution in [2.24, 2.45) is 7.05 Å². The molecule has 0 unspecified atom stereocenters. The number of rotatable bonds is 3. The fourth-order valence-electron chi connectivity index (χ4n) is 7.03. The molecule has 0 aliphatic carbocycles. The smallest absolute Gasteiger partial charge is 0.201 e. The molecule has 0 atom stereocenters. The van der Waals surface area contributed by atoms with Gasteiger partial charge in [-0.2, -0.15) is 0 Å². The number of aromatic nitrogens is 1. The van der Waals surface area contributed by atoms with Gasteiger partial charge in [0.05, 0.1) is 0 Å². The summed E-state index contributed by atoms with van der Waals surface area (Å²) in [6, 6.07) is 32.2. The second kappa shape index (κ2) is 9.72. The van der Waals surface area contributed by atoms with Crippen molar-refractivity contribution in [1.82, 2.24) is 0 Å². The van der Waals surface area contributed by atoms with Crippen LogP contribution in [0.3, 0.4) is 0 Å². The quantitative estimate of drug-likeness (QED) is 0.257. The van der Waals surface area contributed by atoms with Crippen LogP contribution in [0.25, 0.3) is 11.3 Å². The Kier molecular flexibility index (Phi) is 6.34. The van der Waals surface area contributed by atoms with Gasteiger partial charge in [0.15, 0.2) is 6.20 Å². The summed E-state index contributed by atoms with van der Waals surface area (Å²) in [4.78, 5) is 0. The van der Waals surface area contributed by atoms with Gasteiger partial charge >= 0.3 is 0 Å². The molecule has 1 aliphatic rings. The van der Waals surface area contributed by atoms with Crippen LogP contribution in [-0.4, -0.2) is 13.4 Å². The minimum Gasteiger partial charge on any atom is -0.201 e. The molecule has 6 rings (SSSR count). The molecule has 0 N–H and O–H groups in total. The molecule has 39 heavy (non-hydrogen) atoms. The maximum absolute atomic E-state index is 2.52. The lowest BCUT2D eigenvalue weighted by Crippen LogP contribution is -2.76. The van der Waals surface area contributed by atoms with Crippen molar-refractivity contribution in [1.29, 1.82) is 0 Å². The Morgan fingerprint density at radius 3 is 1.49 bits per heavy atom. The maximum Gasteiger partial charge on any atom is 0.240 e. The summed E-state index contributed by atoms with van der Waals surface area (Å²) in [5.74, 6) is 0. The van der Waals surface area contributed by atoms with E-state index in [0.717, 1.165) is 0 Å². The minimum atomic E-state index is 0.187. The van der Waals surface area contributed by atoms with Crippen LogP contribution < -0.4 is 37.3 Å². The third-order valence-electron chi connectivity index (χ3n) is 8.91. The van der Waals surface area contributed by atoms with Gasteiger partial charge in [-0.15, -0.1) is 0 Å². The third kappa shape index (κ3) is 4.16. The lowest BCUT2D eigenvalue weighted by atomic mass is 9.20. The number of benzene rings is 4. The molecule has 4 aromatic carbocycles. The van der Waals surface area contributed by atoms with Crippen LogP contribution in [0.15, 0.2) is 91.1 Å². The molecule has 0 bridgehead atoms. The van der Waals surface area contributed by atoms with Crippen LogP contribution in [0.5, 0.6) is 0 Å². The van der Waals surface area contributed by atoms with Crippen molar-refractivity contribution in [2.45, 2.75) is 41.5 Å². The number of fused-ring (bicyclic) bond motifs is 2. The lowest BCUT2D eigenvalue weighted by molar-refractivity contribution is -0.660. The van der Waals surface area contributed by atoms with E-state index >= 15 is 0 Å². The van der Waals surface area contributed by atoms with Crippen LogP contribution in [0.1, 0.15) is 33.4 Å². The zero-order valence-corrected chi connectivity index (χ0v) is 24.3. The Bertz CT molecular complexity index is 1710. The number of hydrogen-bond acceptors (Lipinski definition) is 0. The topological polar surface area (TPSA) is 3.88 Å². The highest BCUT2D eigenvalue weighted by Crippen LogP contribution is 2.21. The van der Waals surface area contributed by atoms with E-state index in [0.29, 0.717) is 0 Å². The van der Waals surface area contributed by atoms with E-state index in [1.54, 1.807) is 0 Å². The summed E-state index contributed by atoms with van der Waals surface area (Å²) in [6.45, 7) is 14.0. The highest BCUT2D eigenvalue weighted by atomic mass is 14.9. The summed E-state index contributed by atoms with van der Waals surface area (Å²) >= 11 is 0. The summed E-state index contributed by atoms with van der Waals surface area (Å²) in [6.07, 6.45) is 2.18. The van der Waals surface area contributed by atoms with Crippen molar-refractivity contribution in [3.05, 3.63) is 125 Å². The van der Waals surface area contributed by atoms with E-state index < -0.39 is 0 Å². The van der Waals surface area contributed by atoms with Crippen molar-refractivity contribution in [3.8, 4) is 11.3 Å². The van der Waals surface area contributed by atoms with Crippen LogP contribution in [0.4, 0.5) is 0 Å². The molecule has 0 amide bonds. The maximum atomic E-state index is 2.52. The molecule has 2 heterocycles. The molecule has 3 heteroatoms. The second-order valence-corrected chi connectivity index (χ2v) is 11.6. The molecular formula is C36H36B2N+. The SMILES string of the molecule is Cc1cc[n+](C)c(-c2cc3c(cc2C)B(c2c(C)cccc2C)c2ccccc2B3c2c(C)cccc2C)c1. The number of nitrogens with zero attached hydrogens (tertiary/aromatic N) is 1.